The second-order valence-corrected chi connectivity index (χ2v) is 6.51. The Balaban J connectivity index is 1.75. The van der Waals surface area contributed by atoms with E-state index in [1.807, 2.05) is 0 Å². The van der Waals surface area contributed by atoms with E-state index in [1.165, 1.54) is 24.3 Å². The van der Waals surface area contributed by atoms with Crippen LogP contribution in [0.15, 0.2) is 48.5 Å². The van der Waals surface area contributed by atoms with E-state index in [0.717, 1.165) is 24.3 Å². The van der Waals surface area contributed by atoms with Gasteiger partial charge < -0.3 is 0 Å². The summed E-state index contributed by atoms with van der Waals surface area (Å²) in [5.74, 6) is -3.24. The summed E-state index contributed by atoms with van der Waals surface area (Å²) in [7, 11) is 0. The van der Waals surface area contributed by atoms with Gasteiger partial charge in [0.15, 0.2) is 0 Å². The van der Waals surface area contributed by atoms with Gasteiger partial charge in [-0.2, -0.15) is 0 Å². The van der Waals surface area contributed by atoms with Gasteiger partial charge in [-0.3, -0.25) is 19.4 Å². The third-order valence-corrected chi connectivity index (χ3v) is 4.47. The third kappa shape index (κ3) is 4.61. The number of amides is 4. The predicted molar refractivity (Wildman–Crippen MR) is 93.9 cm³/mol. The Morgan fingerprint density at radius 1 is 0.759 bits per heavy atom. The first kappa shape index (κ1) is 20.5. The molecule has 4 amide bonds. The zero-order valence-electron chi connectivity index (χ0n) is 15.0. The molecule has 0 bridgehead atoms. The van der Waals surface area contributed by atoms with Crippen LogP contribution in [-0.4, -0.2) is 40.7 Å². The number of alkyl halides is 2. The molecule has 2 aromatic rings. The number of benzene rings is 2. The summed E-state index contributed by atoms with van der Waals surface area (Å²) in [6.45, 7) is -1.50. The maximum absolute atomic E-state index is 14.5. The molecule has 2 aromatic carbocycles. The van der Waals surface area contributed by atoms with E-state index in [0.29, 0.717) is 9.80 Å². The second-order valence-electron chi connectivity index (χ2n) is 6.51. The van der Waals surface area contributed by atoms with Crippen LogP contribution >= 0.6 is 0 Å². The lowest BCUT2D eigenvalue weighted by Gasteiger charge is -2.34. The lowest BCUT2D eigenvalue weighted by Crippen LogP contribution is -2.56. The normalized spacial score (nSPS) is 16.9. The van der Waals surface area contributed by atoms with Crippen LogP contribution in [0.3, 0.4) is 0 Å². The van der Waals surface area contributed by atoms with Crippen LogP contribution in [0.5, 0.6) is 0 Å². The highest BCUT2D eigenvalue weighted by Crippen LogP contribution is 2.25. The molecule has 1 aliphatic rings. The van der Waals surface area contributed by atoms with Crippen LogP contribution in [-0.2, 0) is 9.59 Å². The summed E-state index contributed by atoms with van der Waals surface area (Å²) in [4.78, 5) is 37.7. The number of hydrogen-bond donors (Lipinski definition) is 0. The number of rotatable bonds is 6. The van der Waals surface area contributed by atoms with E-state index >= 15 is 0 Å². The van der Waals surface area contributed by atoms with Crippen LogP contribution < -0.4 is 0 Å². The largest absolute Gasteiger partial charge is 0.333 e. The molecule has 0 spiro atoms. The molecule has 9 heteroatoms. The van der Waals surface area contributed by atoms with E-state index < -0.39 is 61.3 Å². The minimum absolute atomic E-state index is 0.0859. The SMILES string of the molecule is O=C1CC(=O)N(C[C@H](F)c2cccc(F)c2)C(=O)N1C[C@@H](F)c1cccc(F)c1. The molecule has 1 fully saturated rings. The topological polar surface area (TPSA) is 57.7 Å². The maximum atomic E-state index is 14.5. The fourth-order valence-corrected chi connectivity index (χ4v) is 2.97. The minimum atomic E-state index is -1.89. The number of nitrogens with zero attached hydrogens (tertiary/aromatic N) is 2. The standard InChI is InChI=1S/C20H16F4N2O3/c21-14-5-1-3-12(7-14)16(23)10-25-18(27)9-19(28)26(20(25)29)11-17(24)13-4-2-6-15(22)8-13/h1-8,16-17H,9-11H2/t16-,17+. The molecule has 0 saturated carbocycles. The molecular weight excluding hydrogens is 392 g/mol. The van der Waals surface area contributed by atoms with Crippen molar-refractivity contribution in [2.75, 3.05) is 13.1 Å². The van der Waals surface area contributed by atoms with Crippen molar-refractivity contribution in [3.8, 4) is 0 Å². The summed E-state index contributed by atoms with van der Waals surface area (Å²) >= 11 is 0. The fraction of sp³-hybridized carbons (Fsp3) is 0.250. The number of urea groups is 1. The van der Waals surface area contributed by atoms with Crippen LogP contribution in [0.2, 0.25) is 0 Å². The Hall–Kier alpha value is -3.23. The Morgan fingerprint density at radius 3 is 1.55 bits per heavy atom. The van der Waals surface area contributed by atoms with E-state index in [1.54, 1.807) is 0 Å². The number of barbiturate groups is 1. The molecule has 2 atom stereocenters. The number of carbonyl (C=O) groups excluding carboxylic acids is 3. The predicted octanol–water partition coefficient (Wildman–Crippen LogP) is 3.87. The van der Waals surface area contributed by atoms with Crippen LogP contribution in [0, 0.1) is 11.6 Å². The summed E-state index contributed by atoms with van der Waals surface area (Å²) in [6.07, 6.45) is -4.52. The van der Waals surface area contributed by atoms with Gasteiger partial charge in [0, 0.05) is 0 Å². The Labute approximate surface area is 163 Å². The van der Waals surface area contributed by atoms with Gasteiger partial charge in [0.1, 0.15) is 30.4 Å². The third-order valence-electron chi connectivity index (χ3n) is 4.47. The van der Waals surface area contributed by atoms with Crippen molar-refractivity contribution in [1.29, 1.82) is 0 Å². The Kier molecular flexibility index (Phi) is 5.95. The first-order chi connectivity index (χ1) is 13.8. The average Bonchev–Trinajstić information content (AvgIpc) is 2.68. The number of halogens is 4. The molecular formula is C20H16F4N2O3. The number of hydrogen-bond acceptors (Lipinski definition) is 3. The summed E-state index contributed by atoms with van der Waals surface area (Å²) in [5, 5.41) is 0. The summed E-state index contributed by atoms with van der Waals surface area (Å²) in [5.41, 5.74) is -0.172. The molecule has 0 radical (unpaired) electrons. The van der Waals surface area contributed by atoms with Crippen LogP contribution in [0.4, 0.5) is 22.4 Å². The van der Waals surface area contributed by atoms with Gasteiger partial charge in [0.25, 0.3) is 0 Å². The fourth-order valence-electron chi connectivity index (χ4n) is 2.97. The van der Waals surface area contributed by atoms with Gasteiger partial charge in [-0.15, -0.1) is 0 Å². The Bertz CT molecular complexity index is 879. The van der Waals surface area contributed by atoms with Crippen molar-refractivity contribution >= 4 is 17.8 Å². The van der Waals surface area contributed by atoms with Gasteiger partial charge in [-0.1, -0.05) is 24.3 Å². The molecule has 1 saturated heterocycles. The maximum Gasteiger partial charge on any atom is 0.333 e. The first-order valence-electron chi connectivity index (χ1n) is 8.70. The lowest BCUT2D eigenvalue weighted by molar-refractivity contribution is -0.143. The van der Waals surface area contributed by atoms with E-state index in [2.05, 4.69) is 0 Å². The highest BCUT2D eigenvalue weighted by molar-refractivity contribution is 6.14. The lowest BCUT2D eigenvalue weighted by atomic mass is 10.1. The smallest absolute Gasteiger partial charge is 0.274 e. The summed E-state index contributed by atoms with van der Waals surface area (Å²) in [6, 6.07) is 8.03. The van der Waals surface area contributed by atoms with Gasteiger partial charge in [-0.25, -0.2) is 22.4 Å². The second kappa shape index (κ2) is 8.42. The quantitative estimate of drug-likeness (QED) is 0.539. The molecule has 0 aliphatic carbocycles. The molecule has 0 aromatic heterocycles. The van der Waals surface area contributed by atoms with Crippen LogP contribution in [0.25, 0.3) is 0 Å². The molecule has 1 heterocycles. The van der Waals surface area contributed by atoms with E-state index in [-0.39, 0.29) is 11.1 Å². The van der Waals surface area contributed by atoms with Crippen molar-refractivity contribution in [2.45, 2.75) is 18.8 Å². The van der Waals surface area contributed by atoms with E-state index in [4.69, 9.17) is 0 Å². The minimum Gasteiger partial charge on any atom is -0.274 e. The van der Waals surface area contributed by atoms with Gasteiger partial charge >= 0.3 is 6.03 Å². The summed E-state index contributed by atoms with van der Waals surface area (Å²) < 4.78 is 55.6. The van der Waals surface area contributed by atoms with E-state index in [9.17, 15) is 31.9 Å². The van der Waals surface area contributed by atoms with Crippen molar-refractivity contribution in [2.24, 2.45) is 0 Å². The first-order valence-corrected chi connectivity index (χ1v) is 8.70. The van der Waals surface area contributed by atoms with Crippen molar-refractivity contribution in [3.05, 3.63) is 71.3 Å². The molecule has 0 unspecified atom stereocenters. The zero-order valence-corrected chi connectivity index (χ0v) is 15.0. The molecule has 5 nitrogen and oxygen atoms in total. The zero-order chi connectivity index (χ0) is 21.1. The van der Waals surface area contributed by atoms with Gasteiger partial charge in [0.2, 0.25) is 11.8 Å². The van der Waals surface area contributed by atoms with Gasteiger partial charge in [-0.05, 0) is 35.4 Å². The van der Waals surface area contributed by atoms with Crippen molar-refractivity contribution < 1.29 is 31.9 Å². The molecule has 1 aliphatic heterocycles. The Morgan fingerprint density at radius 2 is 1.17 bits per heavy atom. The molecule has 3 rings (SSSR count). The van der Waals surface area contributed by atoms with Crippen LogP contribution in [0.1, 0.15) is 29.9 Å². The molecule has 29 heavy (non-hydrogen) atoms. The monoisotopic (exact) mass is 408 g/mol. The molecule has 152 valence electrons. The number of carbonyl (C=O) groups is 3. The average molecular weight is 408 g/mol. The van der Waals surface area contributed by atoms with Crippen molar-refractivity contribution in [3.63, 3.8) is 0 Å². The highest BCUT2D eigenvalue weighted by Gasteiger charge is 2.40. The van der Waals surface area contributed by atoms with Gasteiger partial charge in [0.05, 0.1) is 13.1 Å². The number of imide groups is 2. The van der Waals surface area contributed by atoms with Crippen molar-refractivity contribution in [1.82, 2.24) is 9.80 Å². The highest BCUT2D eigenvalue weighted by atomic mass is 19.1. The molecule has 0 N–H and O–H groups in total.